The molecule has 0 bridgehead atoms. The fourth-order valence-corrected chi connectivity index (χ4v) is 4.38. The molecule has 0 saturated heterocycles. The summed E-state index contributed by atoms with van der Waals surface area (Å²) in [5.74, 6) is -0.863. The highest BCUT2D eigenvalue weighted by molar-refractivity contribution is 7.89. The summed E-state index contributed by atoms with van der Waals surface area (Å²) in [4.78, 5) is 13.0. The Morgan fingerprint density at radius 3 is 2.19 bits per heavy atom. The van der Waals surface area contributed by atoms with Gasteiger partial charge in [-0.1, -0.05) is 54.1 Å². The number of nitrogens with one attached hydrogen (secondary N) is 2. The molecule has 2 atom stereocenters. The lowest BCUT2D eigenvalue weighted by Crippen LogP contribution is -2.48. The second-order valence-corrected chi connectivity index (χ2v) is 9.25. The van der Waals surface area contributed by atoms with E-state index in [1.54, 1.807) is 19.1 Å². The highest BCUT2D eigenvalue weighted by atomic mass is 35.5. The Morgan fingerprint density at radius 1 is 0.968 bits per heavy atom. The standard InChI is InChI=1S/C23H22ClFN2O3S/c1-16(18-7-11-20(25)12-8-18)26-23(28)22(15-17-5-3-2-4-6-17)27-31(29,30)21-13-9-19(24)10-14-21/h2-14,16,22,27H,15H2,1H3,(H,26,28). The molecule has 162 valence electrons. The van der Waals surface area contributed by atoms with Gasteiger partial charge >= 0.3 is 0 Å². The van der Waals surface area contributed by atoms with Crippen molar-refractivity contribution in [2.45, 2.75) is 30.3 Å². The fraction of sp³-hybridized carbons (Fsp3) is 0.174. The van der Waals surface area contributed by atoms with Gasteiger partial charge in [-0.05, 0) is 60.9 Å². The fourth-order valence-electron chi connectivity index (χ4n) is 3.06. The number of hydrogen-bond donors (Lipinski definition) is 2. The van der Waals surface area contributed by atoms with E-state index in [1.165, 1.54) is 36.4 Å². The smallest absolute Gasteiger partial charge is 0.241 e. The first kappa shape index (κ1) is 22.9. The predicted molar refractivity (Wildman–Crippen MR) is 119 cm³/mol. The van der Waals surface area contributed by atoms with Crippen molar-refractivity contribution in [2.24, 2.45) is 0 Å². The van der Waals surface area contributed by atoms with E-state index >= 15 is 0 Å². The van der Waals surface area contributed by atoms with Crippen LogP contribution in [0.2, 0.25) is 5.02 Å². The number of halogens is 2. The average molecular weight is 461 g/mol. The van der Waals surface area contributed by atoms with Gasteiger partial charge in [0.05, 0.1) is 10.9 Å². The molecular weight excluding hydrogens is 439 g/mol. The zero-order valence-corrected chi connectivity index (χ0v) is 18.3. The largest absolute Gasteiger partial charge is 0.348 e. The maximum atomic E-state index is 13.2. The van der Waals surface area contributed by atoms with Gasteiger partial charge in [-0.2, -0.15) is 4.72 Å². The molecule has 2 N–H and O–H groups in total. The molecule has 0 aliphatic rings. The molecule has 8 heteroatoms. The van der Waals surface area contributed by atoms with Crippen molar-refractivity contribution in [2.75, 3.05) is 0 Å². The first-order valence-electron chi connectivity index (χ1n) is 9.62. The van der Waals surface area contributed by atoms with Gasteiger partial charge in [0.15, 0.2) is 0 Å². The van der Waals surface area contributed by atoms with Gasteiger partial charge in [0.1, 0.15) is 11.9 Å². The van der Waals surface area contributed by atoms with E-state index in [4.69, 9.17) is 11.6 Å². The van der Waals surface area contributed by atoms with Crippen LogP contribution < -0.4 is 10.0 Å². The summed E-state index contributed by atoms with van der Waals surface area (Å²) in [6.45, 7) is 1.75. The topological polar surface area (TPSA) is 75.3 Å². The van der Waals surface area contributed by atoms with Crippen LogP contribution in [0.1, 0.15) is 24.1 Å². The molecule has 3 aromatic rings. The molecule has 0 aromatic heterocycles. The minimum atomic E-state index is -3.97. The molecule has 0 saturated carbocycles. The van der Waals surface area contributed by atoms with Crippen LogP contribution in [0.25, 0.3) is 0 Å². The van der Waals surface area contributed by atoms with Gasteiger partial charge in [0, 0.05) is 5.02 Å². The van der Waals surface area contributed by atoms with Gasteiger partial charge in [-0.15, -0.1) is 0 Å². The summed E-state index contributed by atoms with van der Waals surface area (Å²) in [7, 11) is -3.97. The molecule has 5 nitrogen and oxygen atoms in total. The van der Waals surface area contributed by atoms with Crippen LogP contribution >= 0.6 is 11.6 Å². The predicted octanol–water partition coefficient (Wildman–Crippen LogP) is 4.25. The molecular formula is C23H22ClFN2O3S. The highest BCUT2D eigenvalue weighted by Crippen LogP contribution is 2.17. The van der Waals surface area contributed by atoms with E-state index in [1.807, 2.05) is 30.3 Å². The summed E-state index contributed by atoms with van der Waals surface area (Å²) in [6.07, 6.45) is 0.162. The summed E-state index contributed by atoms with van der Waals surface area (Å²) >= 11 is 5.85. The van der Waals surface area contributed by atoms with Crippen LogP contribution in [0.3, 0.4) is 0 Å². The second kappa shape index (κ2) is 10.0. The van der Waals surface area contributed by atoms with E-state index in [9.17, 15) is 17.6 Å². The first-order valence-corrected chi connectivity index (χ1v) is 11.5. The van der Waals surface area contributed by atoms with Crippen LogP contribution in [-0.2, 0) is 21.2 Å². The van der Waals surface area contributed by atoms with Crippen molar-refractivity contribution in [1.29, 1.82) is 0 Å². The summed E-state index contributed by atoms with van der Waals surface area (Å²) in [6, 6.07) is 19.1. The third-order valence-electron chi connectivity index (χ3n) is 4.75. The van der Waals surface area contributed by atoms with Crippen molar-refractivity contribution in [1.82, 2.24) is 10.0 Å². The van der Waals surface area contributed by atoms with E-state index in [0.717, 1.165) is 5.56 Å². The molecule has 31 heavy (non-hydrogen) atoms. The molecule has 0 spiro atoms. The molecule has 0 fully saturated rings. The molecule has 0 radical (unpaired) electrons. The van der Waals surface area contributed by atoms with Gasteiger partial charge in [0.25, 0.3) is 0 Å². The number of sulfonamides is 1. The molecule has 3 aromatic carbocycles. The van der Waals surface area contributed by atoms with E-state index in [-0.39, 0.29) is 17.1 Å². The summed E-state index contributed by atoms with van der Waals surface area (Å²) in [5, 5.41) is 3.22. The Morgan fingerprint density at radius 2 is 1.58 bits per heavy atom. The second-order valence-electron chi connectivity index (χ2n) is 7.10. The van der Waals surface area contributed by atoms with Crippen LogP contribution in [0.4, 0.5) is 4.39 Å². The Bertz CT molecular complexity index is 1120. The first-order chi connectivity index (χ1) is 14.7. The van der Waals surface area contributed by atoms with Crippen LogP contribution in [0.15, 0.2) is 83.8 Å². The number of carbonyl (C=O) groups is 1. The minimum absolute atomic E-state index is 0.00865. The maximum Gasteiger partial charge on any atom is 0.241 e. The van der Waals surface area contributed by atoms with E-state index in [2.05, 4.69) is 10.0 Å². The average Bonchev–Trinajstić information content (AvgIpc) is 2.74. The zero-order valence-electron chi connectivity index (χ0n) is 16.8. The third-order valence-corrected chi connectivity index (χ3v) is 6.49. The summed E-state index contributed by atoms with van der Waals surface area (Å²) in [5.41, 5.74) is 1.50. The molecule has 0 aliphatic carbocycles. The molecule has 2 unspecified atom stereocenters. The number of hydrogen-bond acceptors (Lipinski definition) is 3. The molecule has 0 heterocycles. The van der Waals surface area contributed by atoms with E-state index < -0.39 is 28.0 Å². The van der Waals surface area contributed by atoms with Crippen molar-refractivity contribution in [3.05, 3.63) is 101 Å². The Balaban J connectivity index is 1.82. The number of carbonyl (C=O) groups excluding carboxylic acids is 1. The molecule has 1 amide bonds. The van der Waals surface area contributed by atoms with Crippen LogP contribution in [0.5, 0.6) is 0 Å². The van der Waals surface area contributed by atoms with Crippen molar-refractivity contribution in [3.63, 3.8) is 0 Å². The van der Waals surface area contributed by atoms with Gasteiger partial charge < -0.3 is 5.32 Å². The SMILES string of the molecule is CC(NC(=O)C(Cc1ccccc1)NS(=O)(=O)c1ccc(Cl)cc1)c1ccc(F)cc1. The number of amides is 1. The molecule has 3 rings (SSSR count). The van der Waals surface area contributed by atoms with Gasteiger partial charge in [0.2, 0.25) is 15.9 Å². The third kappa shape index (κ3) is 6.37. The molecule has 0 aliphatic heterocycles. The zero-order chi connectivity index (χ0) is 22.4. The van der Waals surface area contributed by atoms with Crippen LogP contribution in [0, 0.1) is 5.82 Å². The van der Waals surface area contributed by atoms with Crippen molar-refractivity contribution in [3.8, 4) is 0 Å². The number of benzene rings is 3. The van der Waals surface area contributed by atoms with Crippen LogP contribution in [-0.4, -0.2) is 20.4 Å². The van der Waals surface area contributed by atoms with Crippen molar-refractivity contribution >= 4 is 27.5 Å². The Hall–Kier alpha value is -2.74. The summed E-state index contributed by atoms with van der Waals surface area (Å²) < 4.78 is 41.4. The lowest BCUT2D eigenvalue weighted by molar-refractivity contribution is -0.123. The maximum absolute atomic E-state index is 13.2. The lowest BCUT2D eigenvalue weighted by Gasteiger charge is -2.22. The van der Waals surface area contributed by atoms with Gasteiger partial charge in [-0.3, -0.25) is 4.79 Å². The Kier molecular flexibility index (Phi) is 7.43. The monoisotopic (exact) mass is 460 g/mol. The Labute approximate surface area is 186 Å². The number of rotatable bonds is 8. The minimum Gasteiger partial charge on any atom is -0.348 e. The normalized spacial score (nSPS) is 13.4. The van der Waals surface area contributed by atoms with Crippen molar-refractivity contribution < 1.29 is 17.6 Å². The lowest BCUT2D eigenvalue weighted by atomic mass is 10.0. The van der Waals surface area contributed by atoms with E-state index in [0.29, 0.717) is 10.6 Å². The quantitative estimate of drug-likeness (QED) is 0.527. The van der Waals surface area contributed by atoms with Gasteiger partial charge in [-0.25, -0.2) is 12.8 Å². The highest BCUT2D eigenvalue weighted by Gasteiger charge is 2.27.